The van der Waals surface area contributed by atoms with Crippen molar-refractivity contribution in [2.24, 2.45) is 0 Å². The highest BCUT2D eigenvalue weighted by atomic mass is 35.5. The molecule has 0 unspecified atom stereocenters. The molecule has 1 fully saturated rings. The van der Waals surface area contributed by atoms with Gasteiger partial charge in [0.25, 0.3) is 0 Å². The summed E-state index contributed by atoms with van der Waals surface area (Å²) in [6.07, 6.45) is 2.56. The lowest BCUT2D eigenvalue weighted by Gasteiger charge is -2.32. The van der Waals surface area contributed by atoms with E-state index in [1.807, 2.05) is 0 Å². The number of likely N-dealkylation sites (tertiary alicyclic amines) is 1. The van der Waals surface area contributed by atoms with Gasteiger partial charge >= 0.3 is 0 Å². The molecule has 0 radical (unpaired) electrons. The Labute approximate surface area is 117 Å². The fourth-order valence-electron chi connectivity index (χ4n) is 2.59. The summed E-state index contributed by atoms with van der Waals surface area (Å²) < 4.78 is 0. The van der Waals surface area contributed by atoms with Gasteiger partial charge < -0.3 is 5.32 Å². The number of aryl methyl sites for hydroxylation is 2. The summed E-state index contributed by atoms with van der Waals surface area (Å²) in [6.45, 7) is 7.95. The summed E-state index contributed by atoms with van der Waals surface area (Å²) in [5.74, 6) is 0. The molecule has 0 aliphatic carbocycles. The Balaban J connectivity index is 0.00000162. The first-order valence-electron chi connectivity index (χ1n) is 6.65. The van der Waals surface area contributed by atoms with Crippen LogP contribution in [0.1, 0.15) is 29.5 Å². The first kappa shape index (κ1) is 15.5. The molecule has 1 aliphatic heterocycles. The molecular weight excluding hydrogens is 244 g/mol. The zero-order valence-electron chi connectivity index (χ0n) is 11.7. The van der Waals surface area contributed by atoms with Crippen LogP contribution in [-0.4, -0.2) is 31.1 Å². The third kappa shape index (κ3) is 3.98. The number of piperidine rings is 1. The first-order valence-corrected chi connectivity index (χ1v) is 6.65. The van der Waals surface area contributed by atoms with Gasteiger partial charge in [-0.25, -0.2) is 0 Å². The van der Waals surface area contributed by atoms with Crippen molar-refractivity contribution in [2.75, 3.05) is 20.1 Å². The molecule has 18 heavy (non-hydrogen) atoms. The van der Waals surface area contributed by atoms with Crippen molar-refractivity contribution in [1.29, 1.82) is 0 Å². The van der Waals surface area contributed by atoms with E-state index in [-0.39, 0.29) is 12.4 Å². The van der Waals surface area contributed by atoms with E-state index < -0.39 is 0 Å². The predicted octanol–water partition coefficient (Wildman–Crippen LogP) is 2.91. The van der Waals surface area contributed by atoms with Crippen LogP contribution in [0.25, 0.3) is 0 Å². The van der Waals surface area contributed by atoms with Crippen LogP contribution in [0.15, 0.2) is 18.2 Å². The number of rotatable bonds is 3. The van der Waals surface area contributed by atoms with Crippen LogP contribution in [0.4, 0.5) is 0 Å². The number of nitrogens with zero attached hydrogens (tertiary/aromatic N) is 1. The number of benzene rings is 1. The van der Waals surface area contributed by atoms with Crippen LogP contribution >= 0.6 is 12.4 Å². The molecule has 0 amide bonds. The molecule has 1 aromatic carbocycles. The Morgan fingerprint density at radius 2 is 1.89 bits per heavy atom. The highest BCUT2D eigenvalue weighted by molar-refractivity contribution is 5.85. The van der Waals surface area contributed by atoms with Crippen molar-refractivity contribution in [2.45, 2.75) is 39.3 Å². The minimum absolute atomic E-state index is 0. The normalized spacial score (nSPS) is 17.5. The molecule has 3 heteroatoms. The molecule has 0 spiro atoms. The van der Waals surface area contributed by atoms with E-state index in [1.54, 1.807) is 0 Å². The van der Waals surface area contributed by atoms with E-state index in [0.29, 0.717) is 0 Å². The lowest BCUT2D eigenvalue weighted by atomic mass is 10.0. The van der Waals surface area contributed by atoms with Gasteiger partial charge in [-0.3, -0.25) is 4.90 Å². The molecule has 1 heterocycles. The van der Waals surface area contributed by atoms with Crippen molar-refractivity contribution < 1.29 is 0 Å². The van der Waals surface area contributed by atoms with E-state index in [1.165, 1.54) is 42.6 Å². The largest absolute Gasteiger partial charge is 0.317 e. The minimum Gasteiger partial charge on any atom is -0.317 e. The number of hydrogen-bond donors (Lipinski definition) is 1. The second kappa shape index (κ2) is 7.13. The zero-order valence-corrected chi connectivity index (χ0v) is 12.5. The van der Waals surface area contributed by atoms with E-state index in [0.717, 1.165) is 12.6 Å². The van der Waals surface area contributed by atoms with E-state index in [9.17, 15) is 0 Å². The Morgan fingerprint density at radius 3 is 2.50 bits per heavy atom. The van der Waals surface area contributed by atoms with Crippen LogP contribution in [0.3, 0.4) is 0 Å². The van der Waals surface area contributed by atoms with Crippen LogP contribution in [0, 0.1) is 13.8 Å². The van der Waals surface area contributed by atoms with Gasteiger partial charge in [-0.15, -0.1) is 12.4 Å². The van der Waals surface area contributed by atoms with Gasteiger partial charge in [0, 0.05) is 12.6 Å². The van der Waals surface area contributed by atoms with Crippen molar-refractivity contribution in [3.05, 3.63) is 34.9 Å². The molecule has 1 saturated heterocycles. The second-order valence-electron chi connectivity index (χ2n) is 5.27. The van der Waals surface area contributed by atoms with Gasteiger partial charge in [0.2, 0.25) is 0 Å². The fraction of sp³-hybridized carbons (Fsp3) is 0.600. The smallest absolute Gasteiger partial charge is 0.0236 e. The molecule has 0 saturated carbocycles. The Bertz CT molecular complexity index is 371. The average molecular weight is 269 g/mol. The van der Waals surface area contributed by atoms with Crippen LogP contribution in [-0.2, 0) is 6.54 Å². The number of hydrogen-bond acceptors (Lipinski definition) is 2. The van der Waals surface area contributed by atoms with E-state index in [2.05, 4.69) is 49.3 Å². The maximum atomic E-state index is 3.38. The van der Waals surface area contributed by atoms with Crippen LogP contribution in [0.5, 0.6) is 0 Å². The summed E-state index contributed by atoms with van der Waals surface area (Å²) >= 11 is 0. The lowest BCUT2D eigenvalue weighted by molar-refractivity contribution is 0.194. The van der Waals surface area contributed by atoms with Crippen LogP contribution in [0.2, 0.25) is 0 Å². The molecule has 2 nitrogen and oxygen atoms in total. The van der Waals surface area contributed by atoms with Crippen LogP contribution < -0.4 is 5.32 Å². The second-order valence-corrected chi connectivity index (χ2v) is 5.27. The summed E-state index contributed by atoms with van der Waals surface area (Å²) in [6, 6.07) is 7.50. The standard InChI is InChI=1S/C15H24N2.ClH/c1-12-4-5-13(2)14(10-12)11-17-8-6-15(16-3)7-9-17;/h4-5,10,15-16H,6-9,11H2,1-3H3;1H. The highest BCUT2D eigenvalue weighted by Crippen LogP contribution is 2.17. The lowest BCUT2D eigenvalue weighted by Crippen LogP contribution is -2.40. The number of nitrogens with one attached hydrogen (secondary N) is 1. The summed E-state index contributed by atoms with van der Waals surface area (Å²) in [5.41, 5.74) is 4.29. The SMILES string of the molecule is CNC1CCN(Cc2cc(C)ccc2C)CC1.Cl. The molecular formula is C15H25ClN2. The topological polar surface area (TPSA) is 15.3 Å². The van der Waals surface area contributed by atoms with E-state index >= 15 is 0 Å². The van der Waals surface area contributed by atoms with E-state index in [4.69, 9.17) is 0 Å². The van der Waals surface area contributed by atoms with Crippen molar-refractivity contribution >= 4 is 12.4 Å². The van der Waals surface area contributed by atoms with Crippen molar-refractivity contribution in [3.8, 4) is 0 Å². The molecule has 102 valence electrons. The summed E-state index contributed by atoms with van der Waals surface area (Å²) in [4.78, 5) is 2.58. The zero-order chi connectivity index (χ0) is 12.3. The summed E-state index contributed by atoms with van der Waals surface area (Å²) in [5, 5.41) is 3.38. The predicted molar refractivity (Wildman–Crippen MR) is 80.5 cm³/mol. The quantitative estimate of drug-likeness (QED) is 0.907. The van der Waals surface area contributed by atoms with Crippen molar-refractivity contribution in [3.63, 3.8) is 0 Å². The first-order chi connectivity index (χ1) is 8.19. The van der Waals surface area contributed by atoms with Gasteiger partial charge in [0.1, 0.15) is 0 Å². The Morgan fingerprint density at radius 1 is 1.22 bits per heavy atom. The minimum atomic E-state index is 0. The third-order valence-electron chi connectivity index (χ3n) is 3.89. The summed E-state index contributed by atoms with van der Waals surface area (Å²) in [7, 11) is 2.07. The maximum Gasteiger partial charge on any atom is 0.0236 e. The number of halogens is 1. The van der Waals surface area contributed by atoms with Gasteiger partial charge in [-0.05, 0) is 58.0 Å². The molecule has 0 atom stereocenters. The maximum absolute atomic E-state index is 3.38. The molecule has 1 N–H and O–H groups in total. The molecule has 1 aromatic rings. The van der Waals surface area contributed by atoms with Crippen molar-refractivity contribution in [1.82, 2.24) is 10.2 Å². The van der Waals surface area contributed by atoms with Gasteiger partial charge in [-0.1, -0.05) is 23.8 Å². The molecule has 0 bridgehead atoms. The van der Waals surface area contributed by atoms with Gasteiger partial charge in [0.05, 0.1) is 0 Å². The molecule has 0 aromatic heterocycles. The van der Waals surface area contributed by atoms with Gasteiger partial charge in [-0.2, -0.15) is 0 Å². The fourth-order valence-corrected chi connectivity index (χ4v) is 2.59. The third-order valence-corrected chi connectivity index (χ3v) is 3.89. The highest BCUT2D eigenvalue weighted by Gasteiger charge is 2.17. The monoisotopic (exact) mass is 268 g/mol. The van der Waals surface area contributed by atoms with Gasteiger partial charge in [0.15, 0.2) is 0 Å². The molecule has 2 rings (SSSR count). The Kier molecular flexibility index (Phi) is 6.13. The Hall–Kier alpha value is -0.570. The molecule has 1 aliphatic rings. The average Bonchev–Trinajstić information content (AvgIpc) is 2.35.